The molecule has 0 amide bonds. The number of nitrogens with two attached hydrogens (primary N) is 1. The van der Waals surface area contributed by atoms with Crippen LogP contribution < -0.4 is 5.73 Å². The van der Waals surface area contributed by atoms with Crippen LogP contribution in [0.5, 0.6) is 0 Å². The highest BCUT2D eigenvalue weighted by molar-refractivity contribution is 6.30. The van der Waals surface area contributed by atoms with Crippen LogP contribution in [0.3, 0.4) is 0 Å². The normalized spacial score (nSPS) is 14.6. The predicted octanol–water partition coefficient (Wildman–Crippen LogP) is 4.57. The zero-order valence-corrected chi connectivity index (χ0v) is 13.0. The van der Waals surface area contributed by atoms with E-state index in [1.807, 2.05) is 24.3 Å². The predicted molar refractivity (Wildman–Crippen MR) is 82.5 cm³/mol. The Morgan fingerprint density at radius 1 is 1.32 bits per heavy atom. The second kappa shape index (κ2) is 8.57. The topological polar surface area (TPSA) is 35.2 Å². The third-order valence-electron chi connectivity index (χ3n) is 3.26. The van der Waals surface area contributed by atoms with Crippen LogP contribution in [0.15, 0.2) is 24.3 Å². The molecular formula is C16H26ClNO. The third-order valence-corrected chi connectivity index (χ3v) is 3.50. The molecule has 1 aromatic rings. The monoisotopic (exact) mass is 283 g/mol. The van der Waals surface area contributed by atoms with Crippen molar-refractivity contribution < 1.29 is 4.74 Å². The molecule has 0 saturated heterocycles. The summed E-state index contributed by atoms with van der Waals surface area (Å²) >= 11 is 6.04. The zero-order valence-electron chi connectivity index (χ0n) is 12.2. The van der Waals surface area contributed by atoms with Gasteiger partial charge in [0.25, 0.3) is 0 Å². The number of rotatable bonds is 8. The number of halogens is 1. The molecule has 108 valence electrons. The van der Waals surface area contributed by atoms with E-state index in [1.165, 1.54) is 6.42 Å². The van der Waals surface area contributed by atoms with E-state index >= 15 is 0 Å². The largest absolute Gasteiger partial charge is 0.372 e. The van der Waals surface area contributed by atoms with Crippen molar-refractivity contribution in [1.82, 2.24) is 0 Å². The fourth-order valence-corrected chi connectivity index (χ4v) is 2.27. The first-order valence-corrected chi connectivity index (χ1v) is 7.55. The van der Waals surface area contributed by atoms with Gasteiger partial charge in [0, 0.05) is 17.7 Å². The van der Waals surface area contributed by atoms with Crippen LogP contribution in [-0.2, 0) is 4.74 Å². The molecule has 1 rings (SSSR count). The first kappa shape index (κ1) is 16.5. The Labute approximate surface area is 122 Å². The average Bonchev–Trinajstić information content (AvgIpc) is 2.37. The summed E-state index contributed by atoms with van der Waals surface area (Å²) < 4.78 is 6.00. The van der Waals surface area contributed by atoms with Gasteiger partial charge < -0.3 is 10.5 Å². The van der Waals surface area contributed by atoms with E-state index in [2.05, 4.69) is 20.8 Å². The van der Waals surface area contributed by atoms with Crippen LogP contribution in [-0.4, -0.2) is 12.6 Å². The Hall–Kier alpha value is -0.570. The van der Waals surface area contributed by atoms with Gasteiger partial charge in [0.1, 0.15) is 0 Å². The highest BCUT2D eigenvalue weighted by Crippen LogP contribution is 2.25. The van der Waals surface area contributed by atoms with Gasteiger partial charge in [-0.2, -0.15) is 0 Å². The van der Waals surface area contributed by atoms with Crippen molar-refractivity contribution in [2.75, 3.05) is 6.61 Å². The second-order valence-corrected chi connectivity index (χ2v) is 5.89. The molecule has 2 atom stereocenters. The highest BCUT2D eigenvalue weighted by Gasteiger charge is 2.19. The molecule has 0 spiro atoms. The summed E-state index contributed by atoms with van der Waals surface area (Å²) in [4.78, 5) is 0. The lowest BCUT2D eigenvalue weighted by Gasteiger charge is -2.24. The van der Waals surface area contributed by atoms with Crippen LogP contribution in [0.4, 0.5) is 0 Å². The standard InChI is InChI=1S/C16H26ClNO/c1-4-15(18)16(19-10-6-7-12(2)3)13-8-5-9-14(17)11-13/h5,8-9,11-12,15-16H,4,6-7,10,18H2,1-3H3. The van der Waals surface area contributed by atoms with Crippen LogP contribution in [0, 0.1) is 5.92 Å². The molecule has 3 heteroatoms. The smallest absolute Gasteiger partial charge is 0.0976 e. The molecule has 1 aromatic carbocycles. The molecule has 0 saturated carbocycles. The van der Waals surface area contributed by atoms with E-state index in [1.54, 1.807) is 0 Å². The van der Waals surface area contributed by atoms with E-state index in [-0.39, 0.29) is 12.1 Å². The quantitative estimate of drug-likeness (QED) is 0.709. The maximum atomic E-state index is 6.17. The maximum absolute atomic E-state index is 6.17. The summed E-state index contributed by atoms with van der Waals surface area (Å²) in [6.45, 7) is 7.29. The fraction of sp³-hybridized carbons (Fsp3) is 0.625. The van der Waals surface area contributed by atoms with Gasteiger partial charge in [-0.15, -0.1) is 0 Å². The molecule has 0 bridgehead atoms. The number of ether oxygens (including phenoxy) is 1. The Morgan fingerprint density at radius 2 is 2.05 bits per heavy atom. The van der Waals surface area contributed by atoms with Crippen LogP contribution in [0.1, 0.15) is 51.7 Å². The lowest BCUT2D eigenvalue weighted by Crippen LogP contribution is -2.29. The molecule has 2 unspecified atom stereocenters. The Kier molecular flexibility index (Phi) is 7.44. The van der Waals surface area contributed by atoms with Crippen LogP contribution >= 0.6 is 11.6 Å². The summed E-state index contributed by atoms with van der Waals surface area (Å²) in [5.41, 5.74) is 7.25. The third kappa shape index (κ3) is 5.94. The number of hydrogen-bond acceptors (Lipinski definition) is 2. The molecular weight excluding hydrogens is 258 g/mol. The summed E-state index contributed by atoms with van der Waals surface area (Å²) in [6, 6.07) is 7.82. The van der Waals surface area contributed by atoms with E-state index in [0.717, 1.165) is 30.0 Å². The Morgan fingerprint density at radius 3 is 2.63 bits per heavy atom. The Balaban J connectivity index is 2.62. The second-order valence-electron chi connectivity index (χ2n) is 5.45. The van der Waals surface area contributed by atoms with Gasteiger partial charge in [-0.3, -0.25) is 0 Å². The van der Waals surface area contributed by atoms with Gasteiger partial charge in [0.2, 0.25) is 0 Å². The van der Waals surface area contributed by atoms with Gasteiger partial charge in [0.05, 0.1) is 6.10 Å². The highest BCUT2D eigenvalue weighted by atomic mass is 35.5. The zero-order chi connectivity index (χ0) is 14.3. The molecule has 0 aliphatic carbocycles. The van der Waals surface area contributed by atoms with Crippen molar-refractivity contribution in [3.63, 3.8) is 0 Å². The molecule has 0 aliphatic rings. The molecule has 0 aliphatic heterocycles. The molecule has 0 heterocycles. The fourth-order valence-electron chi connectivity index (χ4n) is 2.07. The average molecular weight is 284 g/mol. The summed E-state index contributed by atoms with van der Waals surface area (Å²) in [5.74, 6) is 0.716. The van der Waals surface area contributed by atoms with Crippen molar-refractivity contribution in [1.29, 1.82) is 0 Å². The number of hydrogen-bond donors (Lipinski definition) is 1. The van der Waals surface area contributed by atoms with Crippen molar-refractivity contribution in [2.24, 2.45) is 11.7 Å². The van der Waals surface area contributed by atoms with Crippen molar-refractivity contribution in [2.45, 2.75) is 52.2 Å². The van der Waals surface area contributed by atoms with Crippen molar-refractivity contribution >= 4 is 11.6 Å². The van der Waals surface area contributed by atoms with Crippen molar-refractivity contribution in [3.8, 4) is 0 Å². The van der Waals surface area contributed by atoms with Gasteiger partial charge >= 0.3 is 0 Å². The summed E-state index contributed by atoms with van der Waals surface area (Å²) in [6.07, 6.45) is 3.09. The molecule has 0 fully saturated rings. The SMILES string of the molecule is CCC(N)C(OCCCC(C)C)c1cccc(Cl)c1. The molecule has 0 radical (unpaired) electrons. The first-order chi connectivity index (χ1) is 9.04. The van der Waals surface area contributed by atoms with Gasteiger partial charge in [-0.05, 0) is 42.9 Å². The van der Waals surface area contributed by atoms with E-state index in [0.29, 0.717) is 5.92 Å². The number of benzene rings is 1. The summed E-state index contributed by atoms with van der Waals surface area (Å²) in [5, 5.41) is 0.733. The molecule has 19 heavy (non-hydrogen) atoms. The molecule has 2 nitrogen and oxygen atoms in total. The van der Waals surface area contributed by atoms with Gasteiger partial charge in [0.15, 0.2) is 0 Å². The minimum Gasteiger partial charge on any atom is -0.372 e. The van der Waals surface area contributed by atoms with Crippen LogP contribution in [0.2, 0.25) is 5.02 Å². The first-order valence-electron chi connectivity index (χ1n) is 7.17. The lowest BCUT2D eigenvalue weighted by molar-refractivity contribution is 0.0301. The van der Waals surface area contributed by atoms with Crippen molar-refractivity contribution in [3.05, 3.63) is 34.9 Å². The summed E-state index contributed by atoms with van der Waals surface area (Å²) in [7, 11) is 0. The maximum Gasteiger partial charge on any atom is 0.0976 e. The van der Waals surface area contributed by atoms with Gasteiger partial charge in [-0.1, -0.05) is 44.5 Å². The minimum absolute atomic E-state index is 0.0116. The molecule has 0 aromatic heterocycles. The lowest BCUT2D eigenvalue weighted by atomic mass is 10.0. The Bertz CT molecular complexity index is 368. The molecule has 2 N–H and O–H groups in total. The van der Waals surface area contributed by atoms with E-state index in [4.69, 9.17) is 22.1 Å². The van der Waals surface area contributed by atoms with E-state index < -0.39 is 0 Å². The van der Waals surface area contributed by atoms with Crippen LogP contribution in [0.25, 0.3) is 0 Å². The van der Waals surface area contributed by atoms with E-state index in [9.17, 15) is 0 Å². The minimum atomic E-state index is -0.0594. The van der Waals surface area contributed by atoms with Gasteiger partial charge in [-0.25, -0.2) is 0 Å².